The van der Waals surface area contributed by atoms with Crippen LogP contribution in [0.4, 0.5) is 13.2 Å². The number of ether oxygens (including phenoxy) is 2. The van der Waals surface area contributed by atoms with Gasteiger partial charge in [-0.15, -0.1) is 0 Å². The molecule has 0 rings (SSSR count). The molecule has 0 aromatic carbocycles. The lowest BCUT2D eigenvalue weighted by Gasteiger charge is -2.15. The molecular weight excluding hydrogens is 213 g/mol. The average molecular weight is 228 g/mol. The van der Waals surface area contributed by atoms with Crippen LogP contribution in [0.15, 0.2) is 0 Å². The van der Waals surface area contributed by atoms with Crippen LogP contribution < -0.4 is 0 Å². The summed E-state index contributed by atoms with van der Waals surface area (Å²) in [6.07, 6.45) is -4.22. The highest BCUT2D eigenvalue weighted by Gasteiger charge is 2.21. The summed E-state index contributed by atoms with van der Waals surface area (Å²) < 4.78 is 45.4. The van der Waals surface area contributed by atoms with E-state index in [9.17, 15) is 18.0 Å². The first-order valence-corrected chi connectivity index (χ1v) is 4.73. The standard InChI is InChI=1S/C9H15F3O3/c1-2-14-8(13)6-15-7(9(11)12)4-3-5-10/h7,9H,2-6H2,1H3. The van der Waals surface area contributed by atoms with E-state index in [1.165, 1.54) is 0 Å². The molecule has 0 aromatic heterocycles. The largest absolute Gasteiger partial charge is 0.464 e. The van der Waals surface area contributed by atoms with Crippen LogP contribution in [0.2, 0.25) is 0 Å². The Hall–Kier alpha value is -0.780. The molecule has 0 radical (unpaired) electrons. The highest BCUT2D eigenvalue weighted by atomic mass is 19.3. The van der Waals surface area contributed by atoms with Crippen LogP contribution in [0.3, 0.4) is 0 Å². The maximum atomic E-state index is 12.3. The van der Waals surface area contributed by atoms with Crippen molar-refractivity contribution in [1.29, 1.82) is 0 Å². The zero-order valence-corrected chi connectivity index (χ0v) is 8.55. The molecule has 1 atom stereocenters. The third-order valence-corrected chi connectivity index (χ3v) is 1.62. The molecule has 0 aliphatic rings. The summed E-state index contributed by atoms with van der Waals surface area (Å²) >= 11 is 0. The van der Waals surface area contributed by atoms with Gasteiger partial charge in [-0.3, -0.25) is 4.39 Å². The molecule has 3 nitrogen and oxygen atoms in total. The smallest absolute Gasteiger partial charge is 0.332 e. The Kier molecular flexibility index (Phi) is 8.08. The van der Waals surface area contributed by atoms with Crippen molar-refractivity contribution < 1.29 is 27.4 Å². The molecule has 6 heteroatoms. The van der Waals surface area contributed by atoms with E-state index < -0.39 is 31.8 Å². The van der Waals surface area contributed by atoms with E-state index in [2.05, 4.69) is 9.47 Å². The maximum Gasteiger partial charge on any atom is 0.332 e. The molecule has 0 fully saturated rings. The van der Waals surface area contributed by atoms with Crippen LogP contribution in [0, 0.1) is 0 Å². The van der Waals surface area contributed by atoms with Crippen LogP contribution in [0.5, 0.6) is 0 Å². The Balaban J connectivity index is 3.79. The normalized spacial score (nSPS) is 12.9. The lowest BCUT2D eigenvalue weighted by Crippen LogP contribution is -2.26. The molecule has 90 valence electrons. The van der Waals surface area contributed by atoms with E-state index in [0.29, 0.717) is 0 Å². The Bertz CT molecular complexity index is 176. The van der Waals surface area contributed by atoms with Gasteiger partial charge in [0.15, 0.2) is 0 Å². The van der Waals surface area contributed by atoms with Crippen molar-refractivity contribution in [2.75, 3.05) is 19.9 Å². The highest BCUT2D eigenvalue weighted by molar-refractivity contribution is 5.70. The van der Waals surface area contributed by atoms with E-state index in [1.54, 1.807) is 6.92 Å². The molecule has 0 N–H and O–H groups in total. The zero-order valence-electron chi connectivity index (χ0n) is 8.55. The van der Waals surface area contributed by atoms with Crippen molar-refractivity contribution in [1.82, 2.24) is 0 Å². The summed E-state index contributed by atoms with van der Waals surface area (Å²) in [4.78, 5) is 10.8. The van der Waals surface area contributed by atoms with Crippen molar-refractivity contribution in [2.24, 2.45) is 0 Å². The Labute approximate surface area is 86.5 Å². The number of halogens is 3. The summed E-state index contributed by atoms with van der Waals surface area (Å²) in [5.74, 6) is -0.691. The third-order valence-electron chi connectivity index (χ3n) is 1.62. The molecule has 0 saturated carbocycles. The lowest BCUT2D eigenvalue weighted by molar-refractivity contribution is -0.154. The summed E-state index contributed by atoms with van der Waals surface area (Å²) in [5.41, 5.74) is 0. The van der Waals surface area contributed by atoms with E-state index in [0.717, 1.165) is 0 Å². The molecule has 15 heavy (non-hydrogen) atoms. The fourth-order valence-electron chi connectivity index (χ4n) is 0.938. The minimum atomic E-state index is -2.72. The monoisotopic (exact) mass is 228 g/mol. The number of esters is 1. The second kappa shape index (κ2) is 8.52. The second-order valence-corrected chi connectivity index (χ2v) is 2.82. The van der Waals surface area contributed by atoms with E-state index in [-0.39, 0.29) is 19.4 Å². The van der Waals surface area contributed by atoms with Gasteiger partial charge in [0, 0.05) is 0 Å². The van der Waals surface area contributed by atoms with Crippen molar-refractivity contribution in [3.63, 3.8) is 0 Å². The van der Waals surface area contributed by atoms with Gasteiger partial charge < -0.3 is 9.47 Å². The van der Waals surface area contributed by atoms with E-state index in [4.69, 9.17) is 0 Å². The van der Waals surface area contributed by atoms with E-state index >= 15 is 0 Å². The zero-order chi connectivity index (χ0) is 11.7. The van der Waals surface area contributed by atoms with Gasteiger partial charge in [0.25, 0.3) is 6.43 Å². The molecule has 0 heterocycles. The molecule has 0 saturated heterocycles. The molecule has 0 amide bonds. The number of hydrogen-bond donors (Lipinski definition) is 0. The number of rotatable bonds is 8. The number of alkyl halides is 3. The van der Waals surface area contributed by atoms with Crippen molar-refractivity contribution >= 4 is 5.97 Å². The molecule has 0 aliphatic carbocycles. The van der Waals surface area contributed by atoms with Crippen molar-refractivity contribution in [2.45, 2.75) is 32.3 Å². The Morgan fingerprint density at radius 2 is 2.07 bits per heavy atom. The fourth-order valence-corrected chi connectivity index (χ4v) is 0.938. The van der Waals surface area contributed by atoms with Crippen LogP contribution in [0.1, 0.15) is 19.8 Å². The number of carbonyl (C=O) groups excluding carboxylic acids is 1. The predicted molar refractivity (Wildman–Crippen MR) is 47.6 cm³/mol. The molecule has 0 bridgehead atoms. The van der Waals surface area contributed by atoms with Gasteiger partial charge in [-0.2, -0.15) is 0 Å². The topological polar surface area (TPSA) is 35.5 Å². The molecule has 0 aliphatic heterocycles. The number of hydrogen-bond acceptors (Lipinski definition) is 3. The molecule has 0 aromatic rings. The summed E-state index contributed by atoms with van der Waals surface area (Å²) in [7, 11) is 0. The van der Waals surface area contributed by atoms with Gasteiger partial charge in [-0.05, 0) is 19.8 Å². The van der Waals surface area contributed by atoms with E-state index in [1.807, 2.05) is 0 Å². The van der Waals surface area contributed by atoms with Crippen molar-refractivity contribution in [3.05, 3.63) is 0 Å². The van der Waals surface area contributed by atoms with Crippen LogP contribution in [0.25, 0.3) is 0 Å². The lowest BCUT2D eigenvalue weighted by atomic mass is 10.2. The van der Waals surface area contributed by atoms with Crippen LogP contribution in [-0.4, -0.2) is 38.4 Å². The molecule has 1 unspecified atom stereocenters. The third kappa shape index (κ3) is 7.18. The number of carbonyl (C=O) groups is 1. The van der Waals surface area contributed by atoms with Crippen LogP contribution in [-0.2, 0) is 14.3 Å². The van der Waals surface area contributed by atoms with Gasteiger partial charge in [-0.1, -0.05) is 0 Å². The van der Waals surface area contributed by atoms with Gasteiger partial charge in [0.05, 0.1) is 13.3 Å². The fraction of sp³-hybridized carbons (Fsp3) is 0.889. The molecule has 0 spiro atoms. The van der Waals surface area contributed by atoms with Crippen LogP contribution >= 0.6 is 0 Å². The quantitative estimate of drug-likeness (QED) is 0.596. The maximum absolute atomic E-state index is 12.3. The average Bonchev–Trinajstić information content (AvgIpc) is 2.17. The van der Waals surface area contributed by atoms with Gasteiger partial charge >= 0.3 is 5.97 Å². The Morgan fingerprint density at radius 1 is 1.40 bits per heavy atom. The summed E-state index contributed by atoms with van der Waals surface area (Å²) in [5, 5.41) is 0. The minimum Gasteiger partial charge on any atom is -0.464 e. The summed E-state index contributed by atoms with van der Waals surface area (Å²) in [6.45, 7) is 0.582. The first-order valence-electron chi connectivity index (χ1n) is 4.73. The highest BCUT2D eigenvalue weighted by Crippen LogP contribution is 2.12. The van der Waals surface area contributed by atoms with Gasteiger partial charge in [-0.25, -0.2) is 13.6 Å². The van der Waals surface area contributed by atoms with Gasteiger partial charge in [0.2, 0.25) is 0 Å². The summed E-state index contributed by atoms with van der Waals surface area (Å²) in [6, 6.07) is 0. The Morgan fingerprint density at radius 3 is 2.53 bits per heavy atom. The minimum absolute atomic E-state index is 0.00215. The van der Waals surface area contributed by atoms with Crippen molar-refractivity contribution in [3.8, 4) is 0 Å². The first kappa shape index (κ1) is 14.2. The SMILES string of the molecule is CCOC(=O)COC(CCCF)C(F)F. The first-order chi connectivity index (χ1) is 7.11. The van der Waals surface area contributed by atoms with Gasteiger partial charge in [0.1, 0.15) is 12.7 Å². The second-order valence-electron chi connectivity index (χ2n) is 2.82. The molecular formula is C9H15F3O3. The predicted octanol–water partition coefficient (Wildman–Crippen LogP) is 1.95.